The van der Waals surface area contributed by atoms with Crippen LogP contribution in [0.15, 0.2) is 24.3 Å². The first kappa shape index (κ1) is 13.3. The number of carbonyl (C=O) groups is 1. The average Bonchev–Trinajstić information content (AvgIpc) is 2.28. The maximum absolute atomic E-state index is 11.4. The topological polar surface area (TPSA) is 80.4 Å². The number of hydrogen-bond donors (Lipinski definition) is 1. The Kier molecular flexibility index (Phi) is 4.34. The third-order valence-corrected chi connectivity index (χ3v) is 2.53. The number of Topliss-reactive ketones (excluding diaryl/α,β-unsaturated/α-hetero) is 1. The number of aliphatic hydroxyl groups is 1. The average molecular weight is 237 g/mol. The van der Waals surface area contributed by atoms with E-state index < -0.39 is 11.0 Å². The van der Waals surface area contributed by atoms with Crippen LogP contribution in [-0.2, 0) is 4.79 Å². The van der Waals surface area contributed by atoms with Crippen molar-refractivity contribution in [3.63, 3.8) is 0 Å². The Bertz CT molecular complexity index is 411. The lowest BCUT2D eigenvalue weighted by Gasteiger charge is -2.11. The molecule has 0 aliphatic heterocycles. The molecule has 0 aliphatic rings. The van der Waals surface area contributed by atoms with E-state index in [0.717, 1.165) is 0 Å². The highest BCUT2D eigenvalue weighted by Crippen LogP contribution is 2.21. The van der Waals surface area contributed by atoms with Crippen LogP contribution in [0, 0.1) is 16.0 Å². The molecule has 0 aromatic heterocycles. The summed E-state index contributed by atoms with van der Waals surface area (Å²) in [6.07, 6.45) is -0.860. The summed E-state index contributed by atoms with van der Waals surface area (Å²) < 4.78 is 0. The fraction of sp³-hybridized carbons (Fsp3) is 0.417. The summed E-state index contributed by atoms with van der Waals surface area (Å²) >= 11 is 0. The molecule has 0 aliphatic carbocycles. The molecule has 92 valence electrons. The zero-order valence-electron chi connectivity index (χ0n) is 9.79. The summed E-state index contributed by atoms with van der Waals surface area (Å²) in [5.41, 5.74) is 0.487. The van der Waals surface area contributed by atoms with Crippen LogP contribution in [0.25, 0.3) is 0 Å². The van der Waals surface area contributed by atoms with Gasteiger partial charge in [-0.2, -0.15) is 0 Å². The van der Waals surface area contributed by atoms with Gasteiger partial charge >= 0.3 is 0 Å². The molecule has 5 heteroatoms. The number of benzene rings is 1. The van der Waals surface area contributed by atoms with Crippen LogP contribution >= 0.6 is 0 Å². The number of non-ortho nitro benzene ring substituents is 1. The summed E-state index contributed by atoms with van der Waals surface area (Å²) in [7, 11) is 0. The van der Waals surface area contributed by atoms with Crippen molar-refractivity contribution in [1.82, 2.24) is 0 Å². The van der Waals surface area contributed by atoms with Crippen LogP contribution in [0.3, 0.4) is 0 Å². The van der Waals surface area contributed by atoms with Gasteiger partial charge in [0.1, 0.15) is 5.78 Å². The molecule has 0 saturated carbocycles. The predicted molar refractivity (Wildman–Crippen MR) is 62.5 cm³/mol. The van der Waals surface area contributed by atoms with Crippen molar-refractivity contribution in [2.45, 2.75) is 26.4 Å². The van der Waals surface area contributed by atoms with Crippen molar-refractivity contribution >= 4 is 11.5 Å². The predicted octanol–water partition coefficient (Wildman–Crippen LogP) is 2.24. The van der Waals surface area contributed by atoms with E-state index in [1.807, 2.05) is 0 Å². The van der Waals surface area contributed by atoms with Crippen LogP contribution < -0.4 is 0 Å². The molecule has 0 fully saturated rings. The first-order chi connectivity index (χ1) is 7.91. The number of carbonyl (C=O) groups excluding carboxylic acids is 1. The second kappa shape index (κ2) is 5.54. The summed E-state index contributed by atoms with van der Waals surface area (Å²) in [5, 5.41) is 20.2. The van der Waals surface area contributed by atoms with Crippen LogP contribution in [0.4, 0.5) is 5.69 Å². The van der Waals surface area contributed by atoms with Crippen molar-refractivity contribution in [3.05, 3.63) is 39.9 Å². The first-order valence-electron chi connectivity index (χ1n) is 5.37. The zero-order chi connectivity index (χ0) is 13.0. The van der Waals surface area contributed by atoms with E-state index in [4.69, 9.17) is 0 Å². The molecule has 1 unspecified atom stereocenters. The third-order valence-electron chi connectivity index (χ3n) is 2.53. The quantitative estimate of drug-likeness (QED) is 0.629. The molecule has 0 saturated heterocycles. The highest BCUT2D eigenvalue weighted by molar-refractivity contribution is 5.80. The number of rotatable bonds is 5. The largest absolute Gasteiger partial charge is 0.388 e. The van der Waals surface area contributed by atoms with Crippen LogP contribution in [-0.4, -0.2) is 15.8 Å². The van der Waals surface area contributed by atoms with Gasteiger partial charge < -0.3 is 5.11 Å². The van der Waals surface area contributed by atoms with Gasteiger partial charge in [-0.15, -0.1) is 0 Å². The van der Waals surface area contributed by atoms with E-state index in [9.17, 15) is 20.0 Å². The summed E-state index contributed by atoms with van der Waals surface area (Å²) in [5.74, 6) is -0.154. The van der Waals surface area contributed by atoms with Gasteiger partial charge in [-0.05, 0) is 17.7 Å². The molecule has 0 bridgehead atoms. The number of ketones is 1. The van der Waals surface area contributed by atoms with Crippen molar-refractivity contribution in [1.29, 1.82) is 0 Å². The molecular formula is C12H15NO4. The Hall–Kier alpha value is -1.75. The van der Waals surface area contributed by atoms with Crippen molar-refractivity contribution < 1.29 is 14.8 Å². The van der Waals surface area contributed by atoms with Gasteiger partial charge in [-0.3, -0.25) is 14.9 Å². The number of nitrogens with zero attached hydrogens (tertiary/aromatic N) is 1. The monoisotopic (exact) mass is 237 g/mol. The minimum absolute atomic E-state index is 0.0314. The zero-order valence-corrected chi connectivity index (χ0v) is 9.79. The maximum Gasteiger partial charge on any atom is 0.269 e. The van der Waals surface area contributed by atoms with Gasteiger partial charge in [0.15, 0.2) is 0 Å². The Morgan fingerprint density at radius 1 is 1.35 bits per heavy atom. The van der Waals surface area contributed by atoms with Gasteiger partial charge in [0.25, 0.3) is 5.69 Å². The Labute approximate surface area is 99.2 Å². The van der Waals surface area contributed by atoms with E-state index in [-0.39, 0.29) is 23.8 Å². The van der Waals surface area contributed by atoms with Gasteiger partial charge in [0, 0.05) is 24.5 Å². The molecule has 0 spiro atoms. The molecule has 0 radical (unpaired) electrons. The SMILES string of the molecule is CC(C)C(=O)CC(O)c1ccc([N+](=O)[O-])cc1. The summed E-state index contributed by atoms with van der Waals surface area (Å²) in [6.45, 7) is 3.54. The number of nitro groups is 1. The van der Waals surface area contributed by atoms with Gasteiger partial charge in [-0.1, -0.05) is 13.8 Å². The molecule has 17 heavy (non-hydrogen) atoms. The fourth-order valence-electron chi connectivity index (χ4n) is 1.36. The molecular weight excluding hydrogens is 222 g/mol. The number of hydrogen-bond acceptors (Lipinski definition) is 4. The molecule has 1 aromatic rings. The Balaban J connectivity index is 2.73. The van der Waals surface area contributed by atoms with Gasteiger partial charge in [0.2, 0.25) is 0 Å². The Morgan fingerprint density at radius 2 is 1.88 bits per heavy atom. The minimum Gasteiger partial charge on any atom is -0.388 e. The molecule has 1 aromatic carbocycles. The van der Waals surface area contributed by atoms with E-state index in [1.54, 1.807) is 13.8 Å². The molecule has 1 atom stereocenters. The van der Waals surface area contributed by atoms with Crippen LogP contribution in [0.5, 0.6) is 0 Å². The lowest BCUT2D eigenvalue weighted by molar-refractivity contribution is -0.384. The van der Waals surface area contributed by atoms with Gasteiger partial charge in [0.05, 0.1) is 11.0 Å². The third kappa shape index (κ3) is 3.64. The normalized spacial score (nSPS) is 12.5. The Morgan fingerprint density at radius 3 is 2.29 bits per heavy atom. The van der Waals surface area contributed by atoms with Crippen LogP contribution in [0.1, 0.15) is 31.9 Å². The lowest BCUT2D eigenvalue weighted by atomic mass is 9.98. The van der Waals surface area contributed by atoms with Crippen LogP contribution in [0.2, 0.25) is 0 Å². The maximum atomic E-state index is 11.4. The molecule has 1 N–H and O–H groups in total. The van der Waals surface area contributed by atoms with E-state index in [0.29, 0.717) is 5.56 Å². The molecule has 0 heterocycles. The fourth-order valence-corrected chi connectivity index (χ4v) is 1.36. The van der Waals surface area contributed by atoms with Crippen molar-refractivity contribution in [3.8, 4) is 0 Å². The second-order valence-electron chi connectivity index (χ2n) is 4.19. The number of nitro benzene ring substituents is 1. The highest BCUT2D eigenvalue weighted by Gasteiger charge is 2.16. The standard InChI is InChI=1S/C12H15NO4/c1-8(2)11(14)7-12(15)9-3-5-10(6-4-9)13(16)17/h3-6,8,12,15H,7H2,1-2H3. The number of aliphatic hydroxyl groups excluding tert-OH is 1. The minimum atomic E-state index is -0.897. The van der Waals surface area contributed by atoms with E-state index >= 15 is 0 Å². The highest BCUT2D eigenvalue weighted by atomic mass is 16.6. The molecule has 1 rings (SSSR count). The van der Waals surface area contributed by atoms with E-state index in [2.05, 4.69) is 0 Å². The molecule has 5 nitrogen and oxygen atoms in total. The smallest absolute Gasteiger partial charge is 0.269 e. The molecule has 0 amide bonds. The second-order valence-corrected chi connectivity index (χ2v) is 4.19. The van der Waals surface area contributed by atoms with Crippen molar-refractivity contribution in [2.24, 2.45) is 5.92 Å². The van der Waals surface area contributed by atoms with E-state index in [1.165, 1.54) is 24.3 Å². The van der Waals surface area contributed by atoms with Crippen molar-refractivity contribution in [2.75, 3.05) is 0 Å². The summed E-state index contributed by atoms with van der Waals surface area (Å²) in [6, 6.07) is 5.57. The lowest BCUT2D eigenvalue weighted by Crippen LogP contribution is -2.12. The first-order valence-corrected chi connectivity index (χ1v) is 5.37. The summed E-state index contributed by atoms with van der Waals surface area (Å²) in [4.78, 5) is 21.4. The van der Waals surface area contributed by atoms with Gasteiger partial charge in [-0.25, -0.2) is 0 Å².